The fourth-order valence-electron chi connectivity index (χ4n) is 2.80. The van der Waals surface area contributed by atoms with E-state index in [1.807, 2.05) is 18.2 Å². The van der Waals surface area contributed by atoms with E-state index in [1.165, 1.54) is 0 Å². The number of hydrogen-bond acceptors (Lipinski definition) is 2. The summed E-state index contributed by atoms with van der Waals surface area (Å²) in [5.74, 6) is 1.27. The van der Waals surface area contributed by atoms with Crippen molar-refractivity contribution >= 4 is 28.5 Å². The number of imidazole rings is 1. The number of carbonyl (C=O) groups excluding carboxylic acids is 1. The molecular formula is C20H22ClN3O. The predicted molar refractivity (Wildman–Crippen MR) is 102 cm³/mol. The molecule has 1 unspecified atom stereocenters. The number of para-hydroxylation sites is 2. The van der Waals surface area contributed by atoms with Crippen LogP contribution in [-0.4, -0.2) is 15.5 Å². The zero-order chi connectivity index (χ0) is 17.8. The van der Waals surface area contributed by atoms with Crippen molar-refractivity contribution in [2.24, 2.45) is 5.92 Å². The SMILES string of the molecule is CCC(C)Cn1c(CNC(=O)c2cccc(Cl)c2)nc2ccccc21. The summed E-state index contributed by atoms with van der Waals surface area (Å²) in [7, 11) is 0. The number of fused-ring (bicyclic) bond motifs is 1. The van der Waals surface area contributed by atoms with Crippen molar-refractivity contribution in [2.75, 3.05) is 0 Å². The van der Waals surface area contributed by atoms with Crippen LogP contribution < -0.4 is 5.32 Å². The van der Waals surface area contributed by atoms with E-state index in [2.05, 4.69) is 29.8 Å². The Bertz CT molecular complexity index is 888. The molecule has 3 rings (SSSR count). The zero-order valence-corrected chi connectivity index (χ0v) is 15.3. The third-order valence-electron chi connectivity index (χ3n) is 4.42. The number of amides is 1. The molecule has 0 aliphatic rings. The van der Waals surface area contributed by atoms with Gasteiger partial charge in [-0.25, -0.2) is 4.98 Å². The van der Waals surface area contributed by atoms with Crippen LogP contribution in [0.4, 0.5) is 0 Å². The highest BCUT2D eigenvalue weighted by Gasteiger charge is 2.14. The van der Waals surface area contributed by atoms with Gasteiger partial charge in [-0.2, -0.15) is 0 Å². The first-order valence-electron chi connectivity index (χ1n) is 8.56. The average Bonchev–Trinajstić information content (AvgIpc) is 2.97. The van der Waals surface area contributed by atoms with Crippen LogP contribution in [0.5, 0.6) is 0 Å². The molecule has 1 heterocycles. The van der Waals surface area contributed by atoms with Crippen LogP contribution >= 0.6 is 11.6 Å². The summed E-state index contributed by atoms with van der Waals surface area (Å²) in [6, 6.07) is 15.0. The van der Waals surface area contributed by atoms with Crippen LogP contribution in [0.3, 0.4) is 0 Å². The number of hydrogen-bond donors (Lipinski definition) is 1. The molecule has 5 heteroatoms. The molecule has 0 radical (unpaired) electrons. The van der Waals surface area contributed by atoms with Gasteiger partial charge in [-0.05, 0) is 36.2 Å². The first-order chi connectivity index (χ1) is 12.1. The highest BCUT2D eigenvalue weighted by atomic mass is 35.5. The van der Waals surface area contributed by atoms with Gasteiger partial charge in [0.05, 0.1) is 17.6 Å². The van der Waals surface area contributed by atoms with E-state index in [9.17, 15) is 4.79 Å². The van der Waals surface area contributed by atoms with Gasteiger partial charge >= 0.3 is 0 Å². The second-order valence-corrected chi connectivity index (χ2v) is 6.77. The molecule has 1 amide bonds. The van der Waals surface area contributed by atoms with Gasteiger partial charge in [0.15, 0.2) is 0 Å². The van der Waals surface area contributed by atoms with E-state index in [4.69, 9.17) is 16.6 Å². The highest BCUT2D eigenvalue weighted by Crippen LogP contribution is 2.19. The number of aromatic nitrogens is 2. The van der Waals surface area contributed by atoms with Gasteiger partial charge in [0.1, 0.15) is 5.82 Å². The zero-order valence-electron chi connectivity index (χ0n) is 14.5. The second kappa shape index (κ2) is 7.70. The van der Waals surface area contributed by atoms with Gasteiger partial charge in [-0.1, -0.05) is 50.1 Å². The Morgan fingerprint density at radius 2 is 2.04 bits per heavy atom. The molecule has 25 heavy (non-hydrogen) atoms. The van der Waals surface area contributed by atoms with Gasteiger partial charge in [-0.15, -0.1) is 0 Å². The maximum Gasteiger partial charge on any atom is 0.251 e. The summed E-state index contributed by atoms with van der Waals surface area (Å²) < 4.78 is 2.21. The summed E-state index contributed by atoms with van der Waals surface area (Å²) in [6.07, 6.45) is 1.10. The third kappa shape index (κ3) is 4.02. The van der Waals surface area contributed by atoms with E-state index in [1.54, 1.807) is 24.3 Å². The molecule has 1 N–H and O–H groups in total. The highest BCUT2D eigenvalue weighted by molar-refractivity contribution is 6.30. The normalized spacial score (nSPS) is 12.3. The number of carbonyl (C=O) groups is 1. The molecule has 0 aliphatic carbocycles. The van der Waals surface area contributed by atoms with Crippen LogP contribution in [0.2, 0.25) is 5.02 Å². The molecule has 1 atom stereocenters. The fraction of sp³-hybridized carbons (Fsp3) is 0.300. The average molecular weight is 356 g/mol. The lowest BCUT2D eigenvalue weighted by Crippen LogP contribution is -2.25. The monoisotopic (exact) mass is 355 g/mol. The number of halogens is 1. The largest absolute Gasteiger partial charge is 0.345 e. The van der Waals surface area contributed by atoms with Crippen LogP contribution in [-0.2, 0) is 13.1 Å². The van der Waals surface area contributed by atoms with Gasteiger partial charge in [0.2, 0.25) is 0 Å². The lowest BCUT2D eigenvalue weighted by Gasteiger charge is -2.14. The molecule has 1 aromatic heterocycles. The number of nitrogens with one attached hydrogen (secondary N) is 1. The van der Waals surface area contributed by atoms with Gasteiger partial charge in [0.25, 0.3) is 5.91 Å². The third-order valence-corrected chi connectivity index (χ3v) is 4.65. The summed E-state index contributed by atoms with van der Waals surface area (Å²) >= 11 is 5.96. The smallest absolute Gasteiger partial charge is 0.251 e. The van der Waals surface area contributed by atoms with Crippen molar-refractivity contribution in [1.82, 2.24) is 14.9 Å². The van der Waals surface area contributed by atoms with Crippen molar-refractivity contribution in [2.45, 2.75) is 33.4 Å². The summed E-state index contributed by atoms with van der Waals surface area (Å²) in [6.45, 7) is 5.68. The fourth-order valence-corrected chi connectivity index (χ4v) is 2.99. The molecule has 130 valence electrons. The van der Waals surface area contributed by atoms with Gasteiger partial charge in [0, 0.05) is 17.1 Å². The minimum absolute atomic E-state index is 0.148. The summed E-state index contributed by atoms with van der Waals surface area (Å²) in [5.41, 5.74) is 2.62. The Morgan fingerprint density at radius 3 is 2.80 bits per heavy atom. The molecule has 3 aromatic rings. The molecule has 0 aliphatic heterocycles. The Kier molecular flexibility index (Phi) is 5.39. The van der Waals surface area contributed by atoms with Crippen molar-refractivity contribution in [3.63, 3.8) is 0 Å². The summed E-state index contributed by atoms with van der Waals surface area (Å²) in [4.78, 5) is 17.1. The van der Waals surface area contributed by atoms with Crippen molar-refractivity contribution < 1.29 is 4.79 Å². The Balaban J connectivity index is 1.83. The standard InChI is InChI=1S/C20H22ClN3O/c1-3-14(2)13-24-18-10-5-4-9-17(18)23-19(24)12-22-20(25)15-7-6-8-16(21)11-15/h4-11,14H,3,12-13H2,1-2H3,(H,22,25). The van der Waals surface area contributed by atoms with Crippen LogP contribution in [0.15, 0.2) is 48.5 Å². The van der Waals surface area contributed by atoms with Crippen molar-refractivity contribution in [3.05, 3.63) is 64.9 Å². The topological polar surface area (TPSA) is 46.9 Å². The molecule has 0 fully saturated rings. The molecule has 0 saturated carbocycles. The first-order valence-corrected chi connectivity index (χ1v) is 8.94. The number of benzene rings is 2. The van der Waals surface area contributed by atoms with E-state index >= 15 is 0 Å². The Hall–Kier alpha value is -2.33. The lowest BCUT2D eigenvalue weighted by atomic mass is 10.1. The van der Waals surface area contributed by atoms with E-state index in [0.717, 1.165) is 29.8 Å². The van der Waals surface area contributed by atoms with Gasteiger partial charge in [-0.3, -0.25) is 4.79 Å². The maximum atomic E-state index is 12.4. The molecule has 0 bridgehead atoms. The first kappa shape index (κ1) is 17.5. The van der Waals surface area contributed by atoms with E-state index in [-0.39, 0.29) is 5.91 Å². The quantitative estimate of drug-likeness (QED) is 0.698. The van der Waals surface area contributed by atoms with Crippen molar-refractivity contribution in [1.29, 1.82) is 0 Å². The lowest BCUT2D eigenvalue weighted by molar-refractivity contribution is 0.0949. The molecule has 4 nitrogen and oxygen atoms in total. The molecular weight excluding hydrogens is 334 g/mol. The van der Waals surface area contributed by atoms with Crippen molar-refractivity contribution in [3.8, 4) is 0 Å². The Morgan fingerprint density at radius 1 is 1.24 bits per heavy atom. The van der Waals surface area contributed by atoms with E-state index < -0.39 is 0 Å². The van der Waals surface area contributed by atoms with Gasteiger partial charge < -0.3 is 9.88 Å². The minimum atomic E-state index is -0.148. The Labute approximate surface area is 152 Å². The molecule has 0 saturated heterocycles. The maximum absolute atomic E-state index is 12.4. The van der Waals surface area contributed by atoms with Crippen LogP contribution in [0, 0.1) is 5.92 Å². The van der Waals surface area contributed by atoms with Crippen LogP contribution in [0.25, 0.3) is 11.0 Å². The minimum Gasteiger partial charge on any atom is -0.345 e. The number of rotatable bonds is 6. The molecule has 0 spiro atoms. The second-order valence-electron chi connectivity index (χ2n) is 6.33. The van der Waals surface area contributed by atoms with Crippen LogP contribution in [0.1, 0.15) is 36.5 Å². The summed E-state index contributed by atoms with van der Waals surface area (Å²) in [5, 5.41) is 3.51. The molecule has 2 aromatic carbocycles. The van der Waals surface area contributed by atoms with E-state index in [0.29, 0.717) is 23.0 Å². The number of nitrogens with zero attached hydrogens (tertiary/aromatic N) is 2. The predicted octanol–water partition coefficient (Wildman–Crippen LogP) is 4.67.